The van der Waals surface area contributed by atoms with Crippen molar-refractivity contribution < 1.29 is 18.0 Å². The van der Waals surface area contributed by atoms with Crippen LogP contribution in [-0.2, 0) is 9.84 Å². The zero-order valence-corrected chi connectivity index (χ0v) is 15.3. The van der Waals surface area contributed by atoms with Gasteiger partial charge in [0.2, 0.25) is 0 Å². The topological polar surface area (TPSA) is 83.6 Å². The highest BCUT2D eigenvalue weighted by molar-refractivity contribution is 7.91. The van der Waals surface area contributed by atoms with Crippen molar-refractivity contribution in [3.63, 3.8) is 0 Å². The Morgan fingerprint density at radius 3 is 2.60 bits per heavy atom. The van der Waals surface area contributed by atoms with E-state index in [-0.39, 0.29) is 29.4 Å². The first-order chi connectivity index (χ1) is 11.9. The van der Waals surface area contributed by atoms with E-state index < -0.39 is 9.84 Å². The van der Waals surface area contributed by atoms with E-state index in [0.29, 0.717) is 22.5 Å². The van der Waals surface area contributed by atoms with Gasteiger partial charge >= 0.3 is 0 Å². The third-order valence-corrected chi connectivity index (χ3v) is 6.85. The number of benzene rings is 1. The molecule has 6 nitrogen and oxygen atoms in total. The average Bonchev–Trinajstić information content (AvgIpc) is 3.23. The highest BCUT2D eigenvalue weighted by Crippen LogP contribution is 2.23. The van der Waals surface area contributed by atoms with Crippen LogP contribution in [0.2, 0.25) is 0 Å². The number of carbonyl (C=O) groups is 2. The van der Waals surface area contributed by atoms with Crippen molar-refractivity contribution >= 4 is 38.7 Å². The van der Waals surface area contributed by atoms with Gasteiger partial charge in [-0.25, -0.2) is 8.42 Å². The molecule has 2 amide bonds. The van der Waals surface area contributed by atoms with Gasteiger partial charge in [-0.15, -0.1) is 11.3 Å². The Labute approximate surface area is 150 Å². The molecule has 1 N–H and O–H groups in total. The van der Waals surface area contributed by atoms with Gasteiger partial charge in [-0.2, -0.15) is 0 Å². The number of hydrogen-bond donors (Lipinski definition) is 1. The second-order valence-corrected chi connectivity index (χ2v) is 9.13. The Kier molecular flexibility index (Phi) is 4.91. The smallest absolute Gasteiger partial charge is 0.265 e. The van der Waals surface area contributed by atoms with Crippen LogP contribution in [0.4, 0.5) is 5.69 Å². The molecule has 2 aromatic rings. The lowest BCUT2D eigenvalue weighted by atomic mass is 10.1. The van der Waals surface area contributed by atoms with Crippen molar-refractivity contribution in [2.24, 2.45) is 0 Å². The summed E-state index contributed by atoms with van der Waals surface area (Å²) < 4.78 is 23.3. The van der Waals surface area contributed by atoms with E-state index in [1.807, 2.05) is 0 Å². The maximum atomic E-state index is 12.8. The minimum Gasteiger partial charge on any atom is -0.338 e. The summed E-state index contributed by atoms with van der Waals surface area (Å²) >= 11 is 1.32. The Bertz CT molecular complexity index is 891. The molecular formula is C17H18N2O4S2. The van der Waals surface area contributed by atoms with Gasteiger partial charge in [0, 0.05) is 13.1 Å². The van der Waals surface area contributed by atoms with E-state index in [9.17, 15) is 18.0 Å². The van der Waals surface area contributed by atoms with Crippen molar-refractivity contribution in [2.45, 2.75) is 12.5 Å². The number of carbonyl (C=O) groups excluding carboxylic acids is 2. The highest BCUT2D eigenvalue weighted by atomic mass is 32.2. The number of hydrogen-bond acceptors (Lipinski definition) is 5. The molecule has 0 aliphatic carbocycles. The summed E-state index contributed by atoms with van der Waals surface area (Å²) in [6.07, 6.45) is 0.439. The number of rotatable bonds is 4. The monoisotopic (exact) mass is 378 g/mol. The normalized spacial score (nSPS) is 18.7. The summed E-state index contributed by atoms with van der Waals surface area (Å²) in [7, 11) is -1.47. The van der Waals surface area contributed by atoms with Crippen LogP contribution in [0.3, 0.4) is 0 Å². The first-order valence-corrected chi connectivity index (χ1v) is 10.5. The van der Waals surface area contributed by atoms with Gasteiger partial charge in [0.1, 0.15) is 0 Å². The van der Waals surface area contributed by atoms with E-state index in [0.717, 1.165) is 0 Å². The molecule has 25 heavy (non-hydrogen) atoms. The summed E-state index contributed by atoms with van der Waals surface area (Å²) in [6.45, 7) is 0. The zero-order valence-electron chi connectivity index (χ0n) is 13.6. The molecule has 1 aromatic heterocycles. The lowest BCUT2D eigenvalue weighted by Gasteiger charge is -2.24. The fourth-order valence-electron chi connectivity index (χ4n) is 2.81. The van der Waals surface area contributed by atoms with Crippen LogP contribution < -0.4 is 5.32 Å². The maximum absolute atomic E-state index is 12.8. The van der Waals surface area contributed by atoms with Crippen LogP contribution in [0.5, 0.6) is 0 Å². The second-order valence-electron chi connectivity index (χ2n) is 5.95. The molecule has 1 saturated heterocycles. The summed E-state index contributed by atoms with van der Waals surface area (Å²) in [6, 6.07) is 9.90. The quantitative estimate of drug-likeness (QED) is 0.885. The third kappa shape index (κ3) is 3.91. The van der Waals surface area contributed by atoms with Crippen LogP contribution in [0.25, 0.3) is 0 Å². The third-order valence-electron chi connectivity index (χ3n) is 4.23. The van der Waals surface area contributed by atoms with Crippen LogP contribution in [-0.4, -0.2) is 49.7 Å². The molecule has 0 radical (unpaired) electrons. The second kappa shape index (κ2) is 6.97. The molecule has 1 aliphatic heterocycles. The van der Waals surface area contributed by atoms with Crippen LogP contribution in [0.1, 0.15) is 26.5 Å². The van der Waals surface area contributed by atoms with Gasteiger partial charge in [0.15, 0.2) is 9.84 Å². The van der Waals surface area contributed by atoms with Crippen molar-refractivity contribution in [3.05, 3.63) is 52.2 Å². The highest BCUT2D eigenvalue weighted by Gasteiger charge is 2.33. The Morgan fingerprint density at radius 2 is 1.96 bits per heavy atom. The van der Waals surface area contributed by atoms with E-state index in [2.05, 4.69) is 5.32 Å². The van der Waals surface area contributed by atoms with Crippen LogP contribution in [0.15, 0.2) is 41.8 Å². The molecular weight excluding hydrogens is 360 g/mol. The number of amides is 2. The zero-order chi connectivity index (χ0) is 18.0. The Balaban J connectivity index is 1.80. The van der Waals surface area contributed by atoms with E-state index >= 15 is 0 Å². The van der Waals surface area contributed by atoms with Gasteiger partial charge in [-0.1, -0.05) is 18.2 Å². The molecule has 1 aliphatic rings. The number of para-hydroxylation sites is 1. The summed E-state index contributed by atoms with van der Waals surface area (Å²) in [5.41, 5.74) is 0.762. The molecule has 1 fully saturated rings. The van der Waals surface area contributed by atoms with Crippen molar-refractivity contribution in [1.29, 1.82) is 0 Å². The van der Waals surface area contributed by atoms with Gasteiger partial charge < -0.3 is 10.2 Å². The lowest BCUT2D eigenvalue weighted by Crippen LogP contribution is -2.38. The summed E-state index contributed by atoms with van der Waals surface area (Å²) in [5.74, 6) is -0.490. The van der Waals surface area contributed by atoms with E-state index in [1.165, 1.54) is 16.2 Å². The molecule has 132 valence electrons. The number of nitrogens with zero attached hydrogens (tertiary/aromatic N) is 1. The predicted octanol–water partition coefficient (Wildman–Crippen LogP) is 2.26. The van der Waals surface area contributed by atoms with E-state index in [4.69, 9.17) is 0 Å². The van der Waals surface area contributed by atoms with Gasteiger partial charge in [-0.3, -0.25) is 9.59 Å². The molecule has 1 aromatic carbocycles. The minimum absolute atomic E-state index is 0.0149. The number of anilines is 1. The number of nitrogens with one attached hydrogen (secondary N) is 1. The predicted molar refractivity (Wildman–Crippen MR) is 97.9 cm³/mol. The van der Waals surface area contributed by atoms with Gasteiger partial charge in [0.05, 0.1) is 27.6 Å². The van der Waals surface area contributed by atoms with Crippen molar-refractivity contribution in [1.82, 2.24) is 4.90 Å². The van der Waals surface area contributed by atoms with Gasteiger partial charge in [-0.05, 0) is 30.0 Å². The molecule has 0 saturated carbocycles. The minimum atomic E-state index is -3.08. The molecule has 2 heterocycles. The maximum Gasteiger partial charge on any atom is 0.265 e. The first kappa shape index (κ1) is 17.6. The van der Waals surface area contributed by atoms with Gasteiger partial charge in [0.25, 0.3) is 11.8 Å². The molecule has 8 heteroatoms. The van der Waals surface area contributed by atoms with Crippen molar-refractivity contribution in [2.75, 3.05) is 23.9 Å². The fourth-order valence-corrected chi connectivity index (χ4v) is 5.20. The van der Waals surface area contributed by atoms with Crippen LogP contribution >= 0.6 is 11.3 Å². The largest absolute Gasteiger partial charge is 0.338 e. The molecule has 0 spiro atoms. The SMILES string of the molecule is CN(C(=O)c1ccccc1NC(=O)c1cccs1)C1CCS(=O)(=O)C1. The summed E-state index contributed by atoms with van der Waals surface area (Å²) in [4.78, 5) is 27.1. The van der Waals surface area contributed by atoms with E-state index in [1.54, 1.807) is 48.8 Å². The molecule has 1 atom stereocenters. The first-order valence-electron chi connectivity index (χ1n) is 7.79. The lowest BCUT2D eigenvalue weighted by molar-refractivity contribution is 0.0748. The van der Waals surface area contributed by atoms with Crippen molar-refractivity contribution in [3.8, 4) is 0 Å². The summed E-state index contributed by atoms with van der Waals surface area (Å²) in [5, 5.41) is 4.57. The standard InChI is InChI=1S/C17H18N2O4S2/c1-19(12-8-10-25(22,23)11-12)17(21)13-5-2-3-6-14(13)18-16(20)15-7-4-9-24-15/h2-7,9,12H,8,10-11H2,1H3,(H,18,20). The molecule has 3 rings (SSSR count). The average molecular weight is 378 g/mol. The molecule has 1 unspecified atom stereocenters. The molecule has 0 bridgehead atoms. The Hall–Kier alpha value is -2.19. The number of thiophene rings is 1. The fraction of sp³-hybridized carbons (Fsp3) is 0.294. The van der Waals surface area contributed by atoms with Crippen LogP contribution in [0, 0.1) is 0 Å². The Morgan fingerprint density at radius 1 is 1.20 bits per heavy atom. The number of sulfone groups is 1.